The van der Waals surface area contributed by atoms with Crippen LogP contribution in [0, 0.1) is 5.92 Å². The van der Waals surface area contributed by atoms with E-state index in [4.69, 9.17) is 9.47 Å². The number of carboxylic acid groups (broad SMARTS) is 1. The first-order chi connectivity index (χ1) is 19.6. The van der Waals surface area contributed by atoms with Gasteiger partial charge in [0.25, 0.3) is 11.7 Å². The summed E-state index contributed by atoms with van der Waals surface area (Å²) in [6, 6.07) is 15.9. The molecule has 0 aliphatic carbocycles. The van der Waals surface area contributed by atoms with Crippen LogP contribution in [0.5, 0.6) is 0 Å². The fourth-order valence-corrected chi connectivity index (χ4v) is 5.49. The second kappa shape index (κ2) is 15.3. The summed E-state index contributed by atoms with van der Waals surface area (Å²) in [5.74, 6) is -3.02. The van der Waals surface area contributed by atoms with E-state index in [0.29, 0.717) is 12.0 Å². The number of aliphatic carboxylic acids is 1. The van der Waals surface area contributed by atoms with Gasteiger partial charge in [-0.3, -0.25) is 9.59 Å². The van der Waals surface area contributed by atoms with Gasteiger partial charge in [0, 0.05) is 25.5 Å². The summed E-state index contributed by atoms with van der Waals surface area (Å²) in [6.45, 7) is 4.85. The van der Waals surface area contributed by atoms with Crippen LogP contribution in [0.25, 0.3) is 11.1 Å². The van der Waals surface area contributed by atoms with E-state index in [2.05, 4.69) is 10.6 Å². The molecule has 10 nitrogen and oxygen atoms in total. The molecular weight excluding hydrogens is 548 g/mol. The van der Waals surface area contributed by atoms with Crippen molar-refractivity contribution in [2.75, 3.05) is 24.7 Å². The van der Waals surface area contributed by atoms with Crippen molar-refractivity contribution in [1.29, 1.82) is 0 Å². The van der Waals surface area contributed by atoms with E-state index >= 15 is 0 Å². The molecule has 1 heterocycles. The maximum absolute atomic E-state index is 12.8. The lowest BCUT2D eigenvalue weighted by Crippen LogP contribution is -2.66. The highest BCUT2D eigenvalue weighted by Gasteiger charge is 2.54. The summed E-state index contributed by atoms with van der Waals surface area (Å²) < 4.78 is 11.6. The Labute approximate surface area is 244 Å². The van der Waals surface area contributed by atoms with Crippen molar-refractivity contribution in [2.24, 2.45) is 5.92 Å². The molecule has 0 aromatic heterocycles. The van der Waals surface area contributed by atoms with Crippen molar-refractivity contribution in [1.82, 2.24) is 10.6 Å². The smallest absolute Gasteiger partial charge is 0.364 e. The number of carboxylic acids is 1. The summed E-state index contributed by atoms with van der Waals surface area (Å²) in [6.07, 6.45) is -3.95. The van der Waals surface area contributed by atoms with Gasteiger partial charge in [0.2, 0.25) is 5.91 Å². The molecule has 0 bridgehead atoms. The van der Waals surface area contributed by atoms with Crippen molar-refractivity contribution >= 4 is 29.5 Å². The first-order valence-corrected chi connectivity index (χ1v) is 14.9. The molecule has 2 aromatic rings. The molecular formula is C30H40N2O8S. The number of nitrogens with one attached hydrogen (secondary N) is 2. The Balaban J connectivity index is 1.69. The summed E-state index contributed by atoms with van der Waals surface area (Å²) in [5, 5.41) is 37.3. The lowest BCUT2D eigenvalue weighted by molar-refractivity contribution is -0.304. The summed E-state index contributed by atoms with van der Waals surface area (Å²) in [7, 11) is 0. The minimum atomic E-state index is -2.06. The van der Waals surface area contributed by atoms with Crippen molar-refractivity contribution in [3.05, 3.63) is 60.2 Å². The Hall–Kier alpha value is -2.96. The van der Waals surface area contributed by atoms with Crippen LogP contribution in [-0.4, -0.2) is 87.9 Å². The predicted molar refractivity (Wildman–Crippen MR) is 156 cm³/mol. The van der Waals surface area contributed by atoms with Gasteiger partial charge in [-0.25, -0.2) is 4.79 Å². The summed E-state index contributed by atoms with van der Waals surface area (Å²) in [5.41, 5.74) is 2.32. The molecule has 6 atom stereocenters. The molecule has 3 rings (SSSR count). The molecule has 0 radical (unpaired) electrons. The lowest BCUT2D eigenvalue weighted by Gasteiger charge is -2.47. The van der Waals surface area contributed by atoms with Crippen molar-refractivity contribution in [3.8, 4) is 11.1 Å². The second-order valence-electron chi connectivity index (χ2n) is 10.2. The van der Waals surface area contributed by atoms with Gasteiger partial charge >= 0.3 is 5.97 Å². The molecule has 224 valence electrons. The Morgan fingerprint density at radius 2 is 1.76 bits per heavy atom. The van der Waals surface area contributed by atoms with Crippen LogP contribution in [-0.2, 0) is 19.1 Å². The van der Waals surface area contributed by atoms with E-state index in [1.807, 2.05) is 49.4 Å². The third-order valence-corrected chi connectivity index (χ3v) is 7.99. The number of carbonyl (C=O) groups excluding carboxylic acids is 2. The normalized spacial score (nSPS) is 23.8. The number of aliphatic hydroxyl groups excluding tert-OH is 2. The van der Waals surface area contributed by atoms with Gasteiger partial charge in [0.15, 0.2) is 0 Å². The largest absolute Gasteiger partial charge is 0.477 e. The molecule has 1 aliphatic heterocycles. The monoisotopic (exact) mass is 588 g/mol. The molecule has 1 saturated heterocycles. The van der Waals surface area contributed by atoms with Gasteiger partial charge in [-0.15, -0.1) is 0 Å². The van der Waals surface area contributed by atoms with Crippen LogP contribution in [0.1, 0.15) is 44.0 Å². The van der Waals surface area contributed by atoms with Crippen LogP contribution >= 0.6 is 11.8 Å². The number of hydrogen-bond donors (Lipinski definition) is 5. The zero-order chi connectivity index (χ0) is 30.0. The van der Waals surface area contributed by atoms with Crippen LogP contribution in [0.2, 0.25) is 0 Å². The Morgan fingerprint density at radius 1 is 1.10 bits per heavy atom. The number of ether oxygens (including phenoxy) is 2. The lowest BCUT2D eigenvalue weighted by atomic mass is 9.83. The maximum Gasteiger partial charge on any atom is 0.364 e. The van der Waals surface area contributed by atoms with Gasteiger partial charge in [0.05, 0.1) is 18.8 Å². The van der Waals surface area contributed by atoms with Crippen molar-refractivity contribution in [2.45, 2.75) is 63.8 Å². The molecule has 41 heavy (non-hydrogen) atoms. The van der Waals surface area contributed by atoms with Gasteiger partial charge in [0.1, 0.15) is 12.2 Å². The first kappa shape index (κ1) is 32.6. The minimum Gasteiger partial charge on any atom is -0.477 e. The van der Waals surface area contributed by atoms with Crippen LogP contribution in [0.4, 0.5) is 0 Å². The molecule has 2 amide bonds. The highest BCUT2D eigenvalue weighted by molar-refractivity contribution is 7.99. The number of amides is 2. The zero-order valence-corrected chi connectivity index (χ0v) is 24.4. The SMILES string of the molecule is CCSCCCO[C@]1(C(=O)O)C[C@H](C)[C@@H](NC(C)=O)[C@H]([C@H](O)[C@H](O)CNC(=O)c2ccc(-c3ccccc3)cc2)O1. The molecule has 0 spiro atoms. The number of thioether (sulfide) groups is 1. The number of hydrogen-bond acceptors (Lipinski definition) is 8. The summed E-state index contributed by atoms with van der Waals surface area (Å²) >= 11 is 1.70. The Morgan fingerprint density at radius 3 is 2.37 bits per heavy atom. The summed E-state index contributed by atoms with van der Waals surface area (Å²) in [4.78, 5) is 37.0. The second-order valence-corrected chi connectivity index (χ2v) is 11.6. The molecule has 0 saturated carbocycles. The number of benzene rings is 2. The molecule has 2 aromatic carbocycles. The number of rotatable bonds is 14. The molecule has 5 N–H and O–H groups in total. The van der Waals surface area contributed by atoms with Crippen LogP contribution in [0.15, 0.2) is 54.6 Å². The van der Waals surface area contributed by atoms with Gasteiger partial charge in [-0.2, -0.15) is 11.8 Å². The molecule has 1 fully saturated rings. The highest BCUT2D eigenvalue weighted by Crippen LogP contribution is 2.36. The zero-order valence-electron chi connectivity index (χ0n) is 23.6. The maximum atomic E-state index is 12.8. The fraction of sp³-hybridized carbons (Fsp3) is 0.500. The van der Waals surface area contributed by atoms with E-state index < -0.39 is 53.8 Å². The fourth-order valence-electron chi connectivity index (χ4n) is 4.88. The predicted octanol–water partition coefficient (Wildman–Crippen LogP) is 2.68. The third-order valence-electron chi connectivity index (χ3n) is 7.01. The van der Waals surface area contributed by atoms with E-state index in [1.54, 1.807) is 30.8 Å². The van der Waals surface area contributed by atoms with Crippen molar-refractivity contribution < 1.29 is 39.2 Å². The average Bonchev–Trinajstić information content (AvgIpc) is 2.96. The molecule has 1 aliphatic rings. The van der Waals surface area contributed by atoms with Crippen LogP contribution < -0.4 is 10.6 Å². The van der Waals surface area contributed by atoms with Crippen molar-refractivity contribution in [3.63, 3.8) is 0 Å². The molecule has 0 unspecified atom stereocenters. The Bertz CT molecular complexity index is 1150. The Kier molecular flexibility index (Phi) is 12.2. The minimum absolute atomic E-state index is 0.0662. The van der Waals surface area contributed by atoms with Crippen LogP contribution in [0.3, 0.4) is 0 Å². The molecule has 11 heteroatoms. The van der Waals surface area contributed by atoms with E-state index in [-0.39, 0.29) is 19.6 Å². The average molecular weight is 589 g/mol. The van der Waals surface area contributed by atoms with E-state index in [1.165, 1.54) is 6.92 Å². The highest BCUT2D eigenvalue weighted by atomic mass is 32.2. The topological polar surface area (TPSA) is 154 Å². The van der Waals surface area contributed by atoms with Gasteiger partial charge in [-0.05, 0) is 47.1 Å². The standard InChI is InChI=1S/C30H40N2O8S/c1-4-41-16-8-15-39-30(29(37)38)17-19(2)25(32-20(3)33)27(40-30)26(35)24(34)18-31-28(36)23-13-11-22(12-14-23)21-9-6-5-7-10-21/h5-7,9-14,19,24-27,34-35H,4,8,15-18H2,1-3H3,(H,31,36)(H,32,33)(H,37,38)/t19-,24+,25+,26+,27+,30+/m0/s1. The van der Waals surface area contributed by atoms with E-state index in [9.17, 15) is 29.7 Å². The third kappa shape index (κ3) is 8.76. The first-order valence-electron chi connectivity index (χ1n) is 13.8. The number of carbonyl (C=O) groups is 3. The van der Waals surface area contributed by atoms with Gasteiger partial charge in [-0.1, -0.05) is 56.3 Å². The van der Waals surface area contributed by atoms with E-state index in [0.717, 1.165) is 22.6 Å². The van der Waals surface area contributed by atoms with Gasteiger partial charge < -0.3 is 35.4 Å². The quantitative estimate of drug-likeness (QED) is 0.210. The number of aliphatic hydroxyl groups is 2.